The maximum atomic E-state index is 11.9. The lowest BCUT2D eigenvalue weighted by Gasteiger charge is -2.19. The Morgan fingerprint density at radius 3 is 2.15 bits per heavy atom. The first-order valence-electron chi connectivity index (χ1n) is 8.51. The summed E-state index contributed by atoms with van der Waals surface area (Å²) in [5.74, 6) is 5.49. The summed E-state index contributed by atoms with van der Waals surface area (Å²) in [6.45, 7) is 0.868. The molecule has 0 aliphatic rings. The van der Waals surface area contributed by atoms with Crippen LogP contribution in [-0.4, -0.2) is 40.8 Å². The molecule has 2 rings (SSSR count). The molecular weight excluding hydrogens is 344 g/mol. The molecular formula is C21H22N2O4. The maximum absolute atomic E-state index is 11.9. The number of amides is 2. The highest BCUT2D eigenvalue weighted by Gasteiger charge is 2.24. The van der Waals surface area contributed by atoms with Gasteiger partial charge in [0.05, 0.1) is 6.10 Å². The normalized spacial score (nSPS) is 12.3. The van der Waals surface area contributed by atoms with Crippen molar-refractivity contribution in [2.24, 2.45) is 0 Å². The number of hydrogen-bond acceptors (Lipinski definition) is 4. The molecule has 0 aromatic heterocycles. The zero-order valence-electron chi connectivity index (χ0n) is 15.0. The van der Waals surface area contributed by atoms with Gasteiger partial charge in [-0.3, -0.25) is 4.79 Å². The minimum absolute atomic E-state index is 0.248. The van der Waals surface area contributed by atoms with E-state index in [1.165, 1.54) is 6.92 Å². The molecule has 0 aliphatic carbocycles. The van der Waals surface area contributed by atoms with Gasteiger partial charge in [-0.05, 0) is 36.8 Å². The van der Waals surface area contributed by atoms with Gasteiger partial charge in [0, 0.05) is 17.7 Å². The molecule has 4 N–H and O–H groups in total. The number of ketones is 1. The van der Waals surface area contributed by atoms with E-state index in [1.807, 2.05) is 54.6 Å². The average Bonchev–Trinajstić information content (AvgIpc) is 2.69. The lowest BCUT2D eigenvalue weighted by atomic mass is 10.1. The van der Waals surface area contributed by atoms with Crippen LogP contribution in [0.2, 0.25) is 0 Å². The second kappa shape index (κ2) is 10.1. The van der Waals surface area contributed by atoms with E-state index in [2.05, 4.69) is 22.5 Å². The summed E-state index contributed by atoms with van der Waals surface area (Å²) >= 11 is 0. The molecule has 140 valence electrons. The van der Waals surface area contributed by atoms with Crippen molar-refractivity contribution in [3.8, 4) is 11.8 Å². The van der Waals surface area contributed by atoms with E-state index in [4.69, 9.17) is 5.11 Å². The van der Waals surface area contributed by atoms with Crippen LogP contribution in [0.15, 0.2) is 54.6 Å². The molecule has 27 heavy (non-hydrogen) atoms. The van der Waals surface area contributed by atoms with E-state index in [0.717, 1.165) is 16.7 Å². The number of benzene rings is 2. The van der Waals surface area contributed by atoms with Crippen molar-refractivity contribution >= 4 is 11.8 Å². The Kier molecular flexibility index (Phi) is 7.56. The first-order valence-corrected chi connectivity index (χ1v) is 8.51. The maximum Gasteiger partial charge on any atom is 0.315 e. The molecule has 0 fully saturated rings. The fourth-order valence-electron chi connectivity index (χ4n) is 2.31. The molecule has 0 saturated heterocycles. The number of Topliss-reactive ketones (excluding diaryl/α,β-unsaturated/α-hetero) is 1. The number of carbonyl (C=O) groups excluding carboxylic acids is 2. The van der Waals surface area contributed by atoms with Crippen molar-refractivity contribution < 1.29 is 19.8 Å². The summed E-state index contributed by atoms with van der Waals surface area (Å²) < 4.78 is 0. The molecule has 6 heteroatoms. The van der Waals surface area contributed by atoms with Gasteiger partial charge >= 0.3 is 6.03 Å². The van der Waals surface area contributed by atoms with Crippen LogP contribution in [0.5, 0.6) is 0 Å². The van der Waals surface area contributed by atoms with Crippen molar-refractivity contribution in [3.63, 3.8) is 0 Å². The largest absolute Gasteiger partial charge is 0.391 e. The van der Waals surface area contributed by atoms with Crippen molar-refractivity contribution in [1.82, 2.24) is 10.6 Å². The number of urea groups is 1. The van der Waals surface area contributed by atoms with Gasteiger partial charge in [0.25, 0.3) is 0 Å². The minimum Gasteiger partial charge on any atom is -0.391 e. The van der Waals surface area contributed by atoms with Crippen molar-refractivity contribution in [2.75, 3.05) is 6.61 Å². The van der Waals surface area contributed by atoms with Crippen LogP contribution in [0.4, 0.5) is 4.79 Å². The van der Waals surface area contributed by atoms with Gasteiger partial charge in [-0.15, -0.1) is 0 Å². The lowest BCUT2D eigenvalue weighted by molar-refractivity contribution is -0.125. The highest BCUT2D eigenvalue weighted by molar-refractivity contribution is 5.89. The predicted molar refractivity (Wildman–Crippen MR) is 102 cm³/mol. The summed E-state index contributed by atoms with van der Waals surface area (Å²) in [5.41, 5.74) is 2.65. The van der Waals surface area contributed by atoms with Gasteiger partial charge in [-0.2, -0.15) is 0 Å². The van der Waals surface area contributed by atoms with Gasteiger partial charge in [0.2, 0.25) is 0 Å². The van der Waals surface area contributed by atoms with E-state index < -0.39 is 30.6 Å². The zero-order valence-corrected chi connectivity index (χ0v) is 15.0. The average molecular weight is 366 g/mol. The summed E-state index contributed by atoms with van der Waals surface area (Å²) in [4.78, 5) is 23.4. The minimum atomic E-state index is -1.15. The van der Waals surface area contributed by atoms with Gasteiger partial charge in [-0.25, -0.2) is 4.79 Å². The highest BCUT2D eigenvalue weighted by Crippen LogP contribution is 2.04. The third-order valence-electron chi connectivity index (χ3n) is 3.80. The van der Waals surface area contributed by atoms with Crippen molar-refractivity contribution in [3.05, 3.63) is 71.3 Å². The van der Waals surface area contributed by atoms with Crippen LogP contribution < -0.4 is 10.6 Å². The van der Waals surface area contributed by atoms with E-state index in [0.29, 0.717) is 0 Å². The molecule has 0 bridgehead atoms. The fourth-order valence-corrected chi connectivity index (χ4v) is 2.31. The molecule has 2 atom stereocenters. The van der Waals surface area contributed by atoms with Crippen LogP contribution >= 0.6 is 0 Å². The molecule has 2 aromatic rings. The topological polar surface area (TPSA) is 98.7 Å². The number of carbonyl (C=O) groups is 2. The molecule has 0 aliphatic heterocycles. The third kappa shape index (κ3) is 6.59. The van der Waals surface area contributed by atoms with E-state index in [1.54, 1.807) is 0 Å². The van der Waals surface area contributed by atoms with E-state index in [9.17, 15) is 14.7 Å². The smallest absolute Gasteiger partial charge is 0.315 e. The summed E-state index contributed by atoms with van der Waals surface area (Å²) in [6.07, 6.45) is -1.10. The summed E-state index contributed by atoms with van der Waals surface area (Å²) in [7, 11) is 0. The zero-order chi connectivity index (χ0) is 19.6. The number of aliphatic hydroxyl groups excluding tert-OH is 2. The van der Waals surface area contributed by atoms with Gasteiger partial charge in [-0.1, -0.05) is 42.2 Å². The second-order valence-electron chi connectivity index (χ2n) is 5.98. The first-order chi connectivity index (χ1) is 13.0. The Morgan fingerprint density at radius 2 is 1.59 bits per heavy atom. The second-order valence-corrected chi connectivity index (χ2v) is 5.98. The van der Waals surface area contributed by atoms with Crippen molar-refractivity contribution in [2.45, 2.75) is 25.6 Å². The standard InChI is InChI=1S/C21H22N2O4/c1-15(25)20(19(26)14-24)23-21(27)22-13-18-11-9-17(10-12-18)8-7-16-5-3-2-4-6-16/h2-6,9-12,15,20,24-25H,13-14H2,1H3,(H2,22,23,27)/t15-,20+/m0/s1. The van der Waals surface area contributed by atoms with Crippen LogP contribution in [0, 0.1) is 11.8 Å². The summed E-state index contributed by atoms with van der Waals surface area (Å²) in [6, 6.07) is 15.3. The number of nitrogens with one attached hydrogen (secondary N) is 2. The number of hydrogen-bond donors (Lipinski definition) is 4. The highest BCUT2D eigenvalue weighted by atomic mass is 16.3. The Bertz CT molecular complexity index is 821. The Morgan fingerprint density at radius 1 is 1.00 bits per heavy atom. The number of rotatable bonds is 6. The Balaban J connectivity index is 1.88. The molecule has 0 unspecified atom stereocenters. The molecule has 0 spiro atoms. The molecule has 6 nitrogen and oxygen atoms in total. The molecule has 2 aromatic carbocycles. The monoisotopic (exact) mass is 366 g/mol. The van der Waals surface area contributed by atoms with Gasteiger partial charge in [0.15, 0.2) is 5.78 Å². The SMILES string of the molecule is C[C@H](O)[C@@H](NC(=O)NCc1ccc(C#Cc2ccccc2)cc1)C(=O)CO. The van der Waals surface area contributed by atoms with E-state index in [-0.39, 0.29) is 6.54 Å². The fraction of sp³-hybridized carbons (Fsp3) is 0.238. The van der Waals surface area contributed by atoms with Crippen LogP contribution in [0.25, 0.3) is 0 Å². The quantitative estimate of drug-likeness (QED) is 0.577. The Labute approximate surface area is 158 Å². The van der Waals surface area contributed by atoms with E-state index >= 15 is 0 Å². The van der Waals surface area contributed by atoms with Gasteiger partial charge in [0.1, 0.15) is 12.6 Å². The molecule has 0 radical (unpaired) electrons. The van der Waals surface area contributed by atoms with Crippen LogP contribution in [0.3, 0.4) is 0 Å². The molecule has 0 heterocycles. The van der Waals surface area contributed by atoms with Gasteiger partial charge < -0.3 is 20.8 Å². The summed E-state index contributed by atoms with van der Waals surface area (Å²) in [5, 5.41) is 23.4. The van der Waals surface area contributed by atoms with Crippen LogP contribution in [0.1, 0.15) is 23.6 Å². The lowest BCUT2D eigenvalue weighted by Crippen LogP contribution is -2.51. The Hall–Kier alpha value is -3.14. The predicted octanol–water partition coefficient (Wildman–Crippen LogP) is 1.20. The number of aliphatic hydroxyl groups is 2. The first kappa shape index (κ1) is 20.2. The molecule has 2 amide bonds. The van der Waals surface area contributed by atoms with Crippen molar-refractivity contribution in [1.29, 1.82) is 0 Å². The molecule has 0 saturated carbocycles. The third-order valence-corrected chi connectivity index (χ3v) is 3.80. The van der Waals surface area contributed by atoms with Crippen LogP contribution in [-0.2, 0) is 11.3 Å².